The fraction of sp³-hybridized carbons (Fsp3) is 0.318. The molecule has 2 aromatic carbocycles. The highest BCUT2D eigenvalue weighted by atomic mass is 32.2. The number of carbonyl (C=O) groups excluding carboxylic acids is 1. The number of fused-ring (bicyclic) bond motifs is 2. The fourth-order valence-electron chi connectivity index (χ4n) is 3.54. The van der Waals surface area contributed by atoms with Crippen LogP contribution < -0.4 is 20.1 Å². The molecule has 0 saturated carbocycles. The molecule has 9 heteroatoms. The van der Waals surface area contributed by atoms with Crippen LogP contribution in [0.5, 0.6) is 11.5 Å². The van der Waals surface area contributed by atoms with Crippen molar-refractivity contribution in [2.24, 2.45) is 0 Å². The number of ether oxygens (including phenoxy) is 3. The normalized spacial score (nSPS) is 17.1. The van der Waals surface area contributed by atoms with Gasteiger partial charge in [0.15, 0.2) is 16.7 Å². The number of hydrogen-bond donors (Lipinski definition) is 2. The first kappa shape index (κ1) is 19.9. The van der Waals surface area contributed by atoms with Crippen LogP contribution in [0.1, 0.15) is 12.8 Å². The topological polar surface area (TPSA) is 94.6 Å². The number of amides is 1. The van der Waals surface area contributed by atoms with Crippen molar-refractivity contribution in [2.75, 3.05) is 31.0 Å². The summed E-state index contributed by atoms with van der Waals surface area (Å²) >= 11 is 1.31. The van der Waals surface area contributed by atoms with E-state index < -0.39 is 0 Å². The summed E-state index contributed by atoms with van der Waals surface area (Å²) in [4.78, 5) is 21.5. The Morgan fingerprint density at radius 1 is 1.13 bits per heavy atom. The summed E-state index contributed by atoms with van der Waals surface area (Å²) in [5, 5.41) is 7.71. The van der Waals surface area contributed by atoms with E-state index in [4.69, 9.17) is 14.2 Å². The van der Waals surface area contributed by atoms with Gasteiger partial charge in [0.25, 0.3) is 0 Å². The maximum atomic E-state index is 12.2. The number of nitrogens with zero attached hydrogens (tertiary/aromatic N) is 2. The number of carbonyl (C=O) groups is 1. The molecule has 0 radical (unpaired) electrons. The number of hydrogen-bond acceptors (Lipinski definition) is 8. The van der Waals surface area contributed by atoms with Crippen LogP contribution in [0.3, 0.4) is 0 Å². The van der Waals surface area contributed by atoms with Crippen LogP contribution in [-0.4, -0.2) is 47.7 Å². The minimum Gasteiger partial charge on any atom is -0.454 e. The summed E-state index contributed by atoms with van der Waals surface area (Å²) in [5.41, 5.74) is 1.64. The molecule has 1 fully saturated rings. The predicted molar refractivity (Wildman–Crippen MR) is 118 cm³/mol. The van der Waals surface area contributed by atoms with Gasteiger partial charge in [-0.15, -0.1) is 0 Å². The third kappa shape index (κ3) is 4.67. The van der Waals surface area contributed by atoms with E-state index in [9.17, 15) is 4.79 Å². The lowest BCUT2D eigenvalue weighted by Gasteiger charge is -2.12. The minimum absolute atomic E-state index is 0.0532. The lowest BCUT2D eigenvalue weighted by atomic mass is 10.2. The van der Waals surface area contributed by atoms with E-state index in [1.807, 2.05) is 42.5 Å². The highest BCUT2D eigenvalue weighted by Gasteiger charge is 2.17. The van der Waals surface area contributed by atoms with Crippen LogP contribution in [0.25, 0.3) is 10.9 Å². The molecule has 0 unspecified atom stereocenters. The zero-order valence-corrected chi connectivity index (χ0v) is 17.6. The average molecular weight is 439 g/mol. The summed E-state index contributed by atoms with van der Waals surface area (Å²) in [7, 11) is 0. The van der Waals surface area contributed by atoms with Gasteiger partial charge in [-0.25, -0.2) is 9.97 Å². The van der Waals surface area contributed by atoms with Crippen molar-refractivity contribution in [3.05, 3.63) is 42.5 Å². The Balaban J connectivity index is 1.30. The molecule has 2 N–H and O–H groups in total. The quantitative estimate of drug-likeness (QED) is 0.428. The molecule has 2 aliphatic heterocycles. The SMILES string of the molecule is O=C(CSc1nc(Nc2ccc3c(c2)OCO3)c2ccccc2n1)NC[C@H]1CCCO1. The molecule has 2 aliphatic rings. The Morgan fingerprint density at radius 3 is 2.94 bits per heavy atom. The molecular weight excluding hydrogens is 416 g/mol. The Morgan fingerprint density at radius 2 is 2.03 bits per heavy atom. The van der Waals surface area contributed by atoms with Crippen molar-refractivity contribution in [2.45, 2.75) is 24.1 Å². The minimum atomic E-state index is -0.0532. The summed E-state index contributed by atoms with van der Waals surface area (Å²) in [6.07, 6.45) is 2.18. The summed E-state index contributed by atoms with van der Waals surface area (Å²) in [6, 6.07) is 13.4. The molecule has 0 bridgehead atoms. The molecular formula is C22H22N4O4S. The molecule has 0 aliphatic carbocycles. The molecule has 1 atom stereocenters. The van der Waals surface area contributed by atoms with Crippen LogP contribution >= 0.6 is 11.8 Å². The van der Waals surface area contributed by atoms with E-state index in [2.05, 4.69) is 20.6 Å². The van der Waals surface area contributed by atoms with E-state index in [0.29, 0.717) is 23.3 Å². The third-order valence-electron chi connectivity index (χ3n) is 5.10. The van der Waals surface area contributed by atoms with E-state index in [1.54, 1.807) is 0 Å². The number of nitrogens with one attached hydrogen (secondary N) is 2. The van der Waals surface area contributed by atoms with E-state index in [1.165, 1.54) is 11.8 Å². The number of thioether (sulfide) groups is 1. The number of para-hydroxylation sites is 1. The first-order chi connectivity index (χ1) is 15.2. The van der Waals surface area contributed by atoms with Crippen molar-refractivity contribution < 1.29 is 19.0 Å². The Labute approximate surface area is 183 Å². The molecule has 0 spiro atoms. The van der Waals surface area contributed by atoms with E-state index in [0.717, 1.165) is 41.8 Å². The fourth-order valence-corrected chi connectivity index (χ4v) is 4.22. The van der Waals surface area contributed by atoms with E-state index >= 15 is 0 Å². The molecule has 8 nitrogen and oxygen atoms in total. The van der Waals surface area contributed by atoms with Gasteiger partial charge < -0.3 is 24.8 Å². The molecule has 3 aromatic rings. The Bertz CT molecular complexity index is 1100. The van der Waals surface area contributed by atoms with Crippen molar-refractivity contribution in [3.63, 3.8) is 0 Å². The predicted octanol–water partition coefficient (Wildman–Crippen LogP) is 3.49. The van der Waals surface area contributed by atoms with Crippen LogP contribution in [0.2, 0.25) is 0 Å². The van der Waals surface area contributed by atoms with Crippen molar-refractivity contribution in [1.82, 2.24) is 15.3 Å². The van der Waals surface area contributed by atoms with Gasteiger partial charge in [0, 0.05) is 30.3 Å². The Hall–Kier alpha value is -3.04. The lowest BCUT2D eigenvalue weighted by molar-refractivity contribution is -0.119. The third-order valence-corrected chi connectivity index (χ3v) is 5.95. The zero-order chi connectivity index (χ0) is 21.0. The van der Waals surface area contributed by atoms with Crippen LogP contribution in [0.4, 0.5) is 11.5 Å². The number of benzene rings is 2. The lowest BCUT2D eigenvalue weighted by Crippen LogP contribution is -2.32. The van der Waals surface area contributed by atoms with Gasteiger partial charge in [-0.1, -0.05) is 23.9 Å². The van der Waals surface area contributed by atoms with Gasteiger partial charge in [0.1, 0.15) is 5.82 Å². The summed E-state index contributed by atoms with van der Waals surface area (Å²) in [5.74, 6) is 2.28. The van der Waals surface area contributed by atoms with Crippen molar-refractivity contribution >= 4 is 40.1 Å². The average Bonchev–Trinajstić information content (AvgIpc) is 3.48. The first-order valence-corrected chi connectivity index (χ1v) is 11.2. The van der Waals surface area contributed by atoms with Gasteiger partial charge in [0.05, 0.1) is 17.4 Å². The van der Waals surface area contributed by atoms with Crippen LogP contribution in [-0.2, 0) is 9.53 Å². The van der Waals surface area contributed by atoms with Crippen molar-refractivity contribution in [1.29, 1.82) is 0 Å². The first-order valence-electron chi connectivity index (χ1n) is 10.2. The highest BCUT2D eigenvalue weighted by molar-refractivity contribution is 7.99. The molecule has 1 aromatic heterocycles. The maximum absolute atomic E-state index is 12.2. The number of anilines is 2. The maximum Gasteiger partial charge on any atom is 0.231 e. The van der Waals surface area contributed by atoms with Gasteiger partial charge in [0.2, 0.25) is 12.7 Å². The molecule has 1 amide bonds. The zero-order valence-electron chi connectivity index (χ0n) is 16.8. The summed E-state index contributed by atoms with van der Waals surface area (Å²) in [6.45, 7) is 1.55. The molecule has 3 heterocycles. The molecule has 160 valence electrons. The second-order valence-electron chi connectivity index (χ2n) is 7.29. The van der Waals surface area contributed by atoms with Gasteiger partial charge in [-0.3, -0.25) is 4.79 Å². The van der Waals surface area contributed by atoms with Crippen LogP contribution in [0, 0.1) is 0 Å². The van der Waals surface area contributed by atoms with Gasteiger partial charge in [-0.2, -0.15) is 0 Å². The van der Waals surface area contributed by atoms with Gasteiger partial charge >= 0.3 is 0 Å². The standard InChI is InChI=1S/C22H22N4O4S/c27-20(23-11-15-4-3-9-28-15)12-31-22-25-17-6-2-1-5-16(17)21(26-22)24-14-7-8-18-19(10-14)30-13-29-18/h1-2,5-8,10,15H,3-4,9,11-13H2,(H,23,27)(H,24,25,26)/t15-/m1/s1. The Kier molecular flexibility index (Phi) is 5.77. The second kappa shape index (κ2) is 8.99. The number of aromatic nitrogens is 2. The van der Waals surface area contributed by atoms with E-state index in [-0.39, 0.29) is 24.6 Å². The summed E-state index contributed by atoms with van der Waals surface area (Å²) < 4.78 is 16.4. The highest BCUT2D eigenvalue weighted by Crippen LogP contribution is 2.36. The molecule has 5 rings (SSSR count). The number of rotatable bonds is 7. The monoisotopic (exact) mass is 438 g/mol. The molecule has 31 heavy (non-hydrogen) atoms. The second-order valence-corrected chi connectivity index (χ2v) is 8.24. The van der Waals surface area contributed by atoms with Crippen LogP contribution in [0.15, 0.2) is 47.6 Å². The smallest absolute Gasteiger partial charge is 0.231 e. The molecule has 1 saturated heterocycles. The van der Waals surface area contributed by atoms with Gasteiger partial charge in [-0.05, 0) is 37.1 Å². The van der Waals surface area contributed by atoms with Crippen molar-refractivity contribution in [3.8, 4) is 11.5 Å². The largest absolute Gasteiger partial charge is 0.454 e.